The van der Waals surface area contributed by atoms with Crippen molar-refractivity contribution in [3.8, 4) is 0 Å². The summed E-state index contributed by atoms with van der Waals surface area (Å²) in [5.74, 6) is 3.18. The fraction of sp³-hybridized carbons (Fsp3) is 0.933. The molecule has 5 aliphatic carbocycles. The summed E-state index contributed by atoms with van der Waals surface area (Å²) < 4.78 is 0. The maximum Gasteiger partial charge on any atom is 0.0870 e. The van der Waals surface area contributed by atoms with E-state index in [1.54, 1.807) is 0 Å². The third kappa shape index (κ3) is 2.90. The lowest BCUT2D eigenvalue weighted by Crippen LogP contribution is -2.66. The molecule has 0 radical (unpaired) electrons. The molecule has 10 atom stereocenters. The minimum absolute atomic E-state index is 0.0138. The van der Waals surface area contributed by atoms with Crippen LogP contribution in [-0.4, -0.2) is 17.8 Å². The lowest BCUT2D eigenvalue weighted by Gasteiger charge is -2.73. The molecule has 5 saturated carbocycles. The third-order valence-corrected chi connectivity index (χ3v) is 13.6. The van der Waals surface area contributed by atoms with E-state index in [9.17, 15) is 10.0 Å². The summed E-state index contributed by atoms with van der Waals surface area (Å²) in [5, 5.41) is 14.4. The van der Waals surface area contributed by atoms with Crippen LogP contribution in [0.3, 0.4) is 0 Å². The van der Waals surface area contributed by atoms with Gasteiger partial charge in [-0.3, -0.25) is 0 Å². The predicted molar refractivity (Wildman–Crippen MR) is 136 cm³/mol. The molecule has 3 heteroatoms. The van der Waals surface area contributed by atoms with Crippen molar-refractivity contribution < 1.29 is 5.11 Å². The van der Waals surface area contributed by atoms with Crippen LogP contribution in [0.4, 0.5) is 0 Å². The summed E-state index contributed by atoms with van der Waals surface area (Å²) in [7, 11) is 0. The Bertz CT molecular complexity index is 835. The molecule has 3 nitrogen and oxygen atoms in total. The van der Waals surface area contributed by atoms with Crippen LogP contribution in [0.5, 0.6) is 0 Å². The van der Waals surface area contributed by atoms with Gasteiger partial charge >= 0.3 is 0 Å². The van der Waals surface area contributed by atoms with E-state index < -0.39 is 0 Å². The van der Waals surface area contributed by atoms with E-state index in [-0.39, 0.29) is 16.9 Å². The molecule has 0 aromatic carbocycles. The molecule has 0 aliphatic heterocycles. The van der Waals surface area contributed by atoms with Gasteiger partial charge in [-0.15, -0.1) is 0 Å². The van der Waals surface area contributed by atoms with Crippen molar-refractivity contribution >= 4 is 0 Å². The number of nitroso groups, excluding NO2 is 1. The molecule has 0 saturated heterocycles. The molecule has 5 fully saturated rings. The predicted octanol–water partition coefficient (Wildman–Crippen LogP) is 7.77. The van der Waals surface area contributed by atoms with Gasteiger partial charge in [0.2, 0.25) is 0 Å². The Morgan fingerprint density at radius 1 is 0.879 bits per heavy atom. The first-order chi connectivity index (χ1) is 15.4. The second-order valence-electron chi connectivity index (χ2n) is 14.7. The summed E-state index contributed by atoms with van der Waals surface area (Å²) in [6.45, 7) is 19.8. The first-order valence-electron chi connectivity index (χ1n) is 14.0. The van der Waals surface area contributed by atoms with Crippen LogP contribution < -0.4 is 0 Å². The first-order valence-corrected chi connectivity index (χ1v) is 14.0. The van der Waals surface area contributed by atoms with Crippen molar-refractivity contribution in [1.82, 2.24) is 0 Å². The molecule has 5 aliphatic rings. The van der Waals surface area contributed by atoms with Gasteiger partial charge in [-0.05, 0) is 128 Å². The van der Waals surface area contributed by atoms with Crippen LogP contribution >= 0.6 is 0 Å². The molecule has 33 heavy (non-hydrogen) atoms. The average molecular weight is 456 g/mol. The second kappa shape index (κ2) is 7.40. The zero-order valence-electron chi connectivity index (χ0n) is 22.3. The van der Waals surface area contributed by atoms with Crippen molar-refractivity contribution in [2.24, 2.45) is 61.8 Å². The quantitative estimate of drug-likeness (QED) is 0.349. The Morgan fingerprint density at radius 2 is 1.61 bits per heavy atom. The third-order valence-electron chi connectivity index (χ3n) is 13.6. The Balaban J connectivity index is 1.55. The summed E-state index contributed by atoms with van der Waals surface area (Å²) in [6.07, 6.45) is 12.0. The Kier molecular flexibility index (Phi) is 5.39. The lowest BCUT2D eigenvalue weighted by molar-refractivity contribution is -0.246. The Labute approximate surface area is 202 Å². The van der Waals surface area contributed by atoms with E-state index in [1.807, 2.05) is 0 Å². The molecule has 0 spiro atoms. The Hall–Kier alpha value is -0.700. The van der Waals surface area contributed by atoms with Gasteiger partial charge in [0, 0.05) is 0 Å². The molecule has 1 N–H and O–H groups in total. The summed E-state index contributed by atoms with van der Waals surface area (Å²) in [4.78, 5) is 11.6. The zero-order chi connectivity index (χ0) is 24.0. The number of hydrogen-bond acceptors (Lipinski definition) is 3. The number of nitrogens with zero attached hydrogens (tertiary/aromatic N) is 1. The van der Waals surface area contributed by atoms with Crippen LogP contribution in [0.25, 0.3) is 0 Å². The number of aliphatic hydroxyl groups is 1. The van der Waals surface area contributed by atoms with Crippen LogP contribution in [0.15, 0.2) is 17.3 Å². The van der Waals surface area contributed by atoms with Gasteiger partial charge in [0.1, 0.15) is 0 Å². The molecule has 0 aromatic heterocycles. The maximum atomic E-state index is 11.6. The Morgan fingerprint density at radius 3 is 2.27 bits per heavy atom. The van der Waals surface area contributed by atoms with E-state index in [2.05, 4.69) is 53.3 Å². The highest BCUT2D eigenvalue weighted by atomic mass is 16.3. The summed E-state index contributed by atoms with van der Waals surface area (Å²) >= 11 is 0. The molecule has 0 heterocycles. The number of rotatable bonds is 3. The van der Waals surface area contributed by atoms with Crippen molar-refractivity contribution in [2.45, 2.75) is 112 Å². The van der Waals surface area contributed by atoms with Gasteiger partial charge in [0.05, 0.1) is 12.6 Å². The smallest absolute Gasteiger partial charge is 0.0870 e. The van der Waals surface area contributed by atoms with Gasteiger partial charge in [0.25, 0.3) is 0 Å². The number of aliphatic hydroxyl groups excluding tert-OH is 1. The molecule has 4 unspecified atom stereocenters. The maximum absolute atomic E-state index is 11.6. The summed E-state index contributed by atoms with van der Waals surface area (Å²) in [6, 6.07) is 0. The SMILES string of the molecule is C=C(C)[C@@H]1CC[C@]2(CN=O)CC[C@]3(C)C(CCC4[C@@]5(C)CC[C@H](O)C(C)(C)C5CC[C@]43C)C12. The largest absolute Gasteiger partial charge is 0.393 e. The van der Waals surface area contributed by atoms with Gasteiger partial charge in [0.15, 0.2) is 0 Å². The molecule has 0 aromatic rings. The topological polar surface area (TPSA) is 49.7 Å². The second-order valence-corrected chi connectivity index (χ2v) is 14.7. The first kappa shape index (κ1) is 24.0. The molecule has 0 amide bonds. The normalized spacial score (nSPS) is 55.0. The zero-order valence-corrected chi connectivity index (χ0v) is 22.3. The van der Waals surface area contributed by atoms with Crippen molar-refractivity contribution in [2.75, 3.05) is 6.54 Å². The molecular formula is C30H49NO2. The number of allylic oxidation sites excluding steroid dienone is 1. The van der Waals surface area contributed by atoms with Gasteiger partial charge in [-0.25, -0.2) is 0 Å². The van der Waals surface area contributed by atoms with Crippen LogP contribution in [0.2, 0.25) is 0 Å². The highest BCUT2D eigenvalue weighted by Gasteiger charge is 2.70. The highest BCUT2D eigenvalue weighted by Crippen LogP contribution is 2.77. The number of fused-ring (bicyclic) bond motifs is 7. The lowest BCUT2D eigenvalue weighted by atomic mass is 9.32. The molecule has 186 valence electrons. The van der Waals surface area contributed by atoms with Crippen LogP contribution in [0.1, 0.15) is 106 Å². The van der Waals surface area contributed by atoms with Crippen molar-refractivity contribution in [3.05, 3.63) is 17.1 Å². The average Bonchev–Trinajstić information content (AvgIpc) is 3.12. The summed E-state index contributed by atoms with van der Waals surface area (Å²) in [5.41, 5.74) is 2.45. The molecule has 5 rings (SSSR count). The highest BCUT2D eigenvalue weighted by molar-refractivity contribution is 5.21. The van der Waals surface area contributed by atoms with Crippen LogP contribution in [-0.2, 0) is 0 Å². The van der Waals surface area contributed by atoms with Gasteiger partial charge < -0.3 is 5.11 Å². The molecular weight excluding hydrogens is 406 g/mol. The van der Waals surface area contributed by atoms with E-state index in [1.165, 1.54) is 63.4 Å². The van der Waals surface area contributed by atoms with Crippen LogP contribution in [0, 0.1) is 61.6 Å². The number of hydrogen-bond donors (Lipinski definition) is 1. The van der Waals surface area contributed by atoms with Crippen molar-refractivity contribution in [3.63, 3.8) is 0 Å². The fourth-order valence-corrected chi connectivity index (χ4v) is 11.7. The van der Waals surface area contributed by atoms with Crippen molar-refractivity contribution in [1.29, 1.82) is 0 Å². The van der Waals surface area contributed by atoms with E-state index >= 15 is 0 Å². The molecule has 0 bridgehead atoms. The minimum atomic E-state index is -0.159. The van der Waals surface area contributed by atoms with E-state index in [4.69, 9.17) is 0 Å². The van der Waals surface area contributed by atoms with E-state index in [0.29, 0.717) is 46.5 Å². The standard InChI is InChI=1S/C30H49NO2/c1-19(2)20-10-15-30(18-31-33)17-16-28(6)21(25(20)30)8-9-23-27(5)13-12-24(32)26(3,4)22(27)11-14-29(23,28)7/h20-25,32H,1,8-18H2,2-7H3/t20-,21?,22?,23?,24-,25?,27-,28+,29+,30+/m0/s1. The van der Waals surface area contributed by atoms with Gasteiger partial charge in [-0.1, -0.05) is 51.9 Å². The fourth-order valence-electron chi connectivity index (χ4n) is 11.7. The van der Waals surface area contributed by atoms with E-state index in [0.717, 1.165) is 12.3 Å². The minimum Gasteiger partial charge on any atom is -0.393 e. The van der Waals surface area contributed by atoms with Gasteiger partial charge in [-0.2, -0.15) is 4.91 Å². The monoisotopic (exact) mass is 455 g/mol.